The number of carbonyl (C=O) groups is 2. The maximum absolute atomic E-state index is 12.2. The topological polar surface area (TPSA) is 61.4 Å². The molecule has 1 saturated heterocycles. The lowest BCUT2D eigenvalue weighted by atomic mass is 9.96. The molecule has 1 aromatic rings. The van der Waals surface area contributed by atoms with Gasteiger partial charge in [0, 0.05) is 26.1 Å². The molecule has 5 nitrogen and oxygen atoms in total. The summed E-state index contributed by atoms with van der Waals surface area (Å²) in [5.41, 5.74) is 0.989. The Morgan fingerprint density at radius 1 is 1.17 bits per heavy atom. The van der Waals surface area contributed by atoms with Crippen LogP contribution >= 0.6 is 0 Å². The number of piperidine rings is 1. The van der Waals surface area contributed by atoms with Crippen molar-refractivity contribution < 1.29 is 9.59 Å². The maximum Gasteiger partial charge on any atom is 0.224 e. The van der Waals surface area contributed by atoms with E-state index in [0.717, 1.165) is 38.0 Å². The van der Waals surface area contributed by atoms with Gasteiger partial charge in [-0.1, -0.05) is 30.3 Å². The lowest BCUT2D eigenvalue weighted by Gasteiger charge is -2.32. The van der Waals surface area contributed by atoms with Crippen LogP contribution in [0.4, 0.5) is 0 Å². The third kappa shape index (κ3) is 6.02. The third-order valence-corrected chi connectivity index (χ3v) is 4.33. The van der Waals surface area contributed by atoms with Crippen LogP contribution in [0.3, 0.4) is 0 Å². The number of amides is 2. The highest BCUT2D eigenvalue weighted by molar-refractivity contribution is 5.80. The zero-order valence-corrected chi connectivity index (χ0v) is 13.9. The number of hydrogen-bond acceptors (Lipinski definition) is 3. The van der Waals surface area contributed by atoms with E-state index < -0.39 is 0 Å². The minimum absolute atomic E-state index is 0.0308. The quantitative estimate of drug-likeness (QED) is 0.794. The average Bonchev–Trinajstić information content (AvgIpc) is 2.56. The van der Waals surface area contributed by atoms with E-state index in [0.29, 0.717) is 25.3 Å². The molecule has 0 atom stereocenters. The molecular weight excluding hydrogens is 290 g/mol. The van der Waals surface area contributed by atoms with Crippen LogP contribution in [0.5, 0.6) is 0 Å². The summed E-state index contributed by atoms with van der Waals surface area (Å²) in [6.45, 7) is 3.12. The number of benzene rings is 1. The van der Waals surface area contributed by atoms with Crippen molar-refractivity contribution in [3.63, 3.8) is 0 Å². The summed E-state index contributed by atoms with van der Waals surface area (Å²) in [4.78, 5) is 25.9. The minimum Gasteiger partial charge on any atom is -0.355 e. The Hall–Kier alpha value is -1.88. The van der Waals surface area contributed by atoms with E-state index in [9.17, 15) is 9.59 Å². The van der Waals surface area contributed by atoms with E-state index in [4.69, 9.17) is 0 Å². The number of carbonyl (C=O) groups excluding carboxylic acids is 2. The predicted octanol–water partition coefficient (Wildman–Crippen LogP) is 1.19. The average molecular weight is 317 g/mol. The van der Waals surface area contributed by atoms with Crippen LogP contribution in [0.15, 0.2) is 30.3 Å². The molecule has 2 N–H and O–H groups in total. The summed E-state index contributed by atoms with van der Waals surface area (Å²) in [7, 11) is 1.97. The molecule has 1 aromatic carbocycles. The fourth-order valence-corrected chi connectivity index (χ4v) is 2.99. The van der Waals surface area contributed by atoms with E-state index in [1.807, 2.05) is 42.3 Å². The van der Waals surface area contributed by atoms with Gasteiger partial charge in [-0.3, -0.25) is 9.59 Å². The molecule has 0 radical (unpaired) electrons. The summed E-state index contributed by atoms with van der Waals surface area (Å²) < 4.78 is 0. The van der Waals surface area contributed by atoms with Crippen molar-refractivity contribution in [2.45, 2.75) is 25.7 Å². The van der Waals surface area contributed by atoms with Crippen molar-refractivity contribution >= 4 is 11.8 Å². The standard InChI is InChI=1S/C18H27N3O2/c1-19-14-16-8-11-21(12-9-16)18(23)7-10-20-17(22)13-15-5-3-2-4-6-15/h2-6,16,19H,7-14H2,1H3,(H,20,22). The molecule has 0 spiro atoms. The molecule has 5 heteroatoms. The zero-order valence-electron chi connectivity index (χ0n) is 13.9. The van der Waals surface area contributed by atoms with E-state index in [-0.39, 0.29) is 11.8 Å². The van der Waals surface area contributed by atoms with Gasteiger partial charge in [0.1, 0.15) is 0 Å². The Kier molecular flexibility index (Phi) is 7.07. The normalized spacial score (nSPS) is 15.4. The second-order valence-electron chi connectivity index (χ2n) is 6.14. The highest BCUT2D eigenvalue weighted by atomic mass is 16.2. The van der Waals surface area contributed by atoms with Crippen LogP contribution in [0.1, 0.15) is 24.8 Å². The van der Waals surface area contributed by atoms with Gasteiger partial charge in [-0.2, -0.15) is 0 Å². The predicted molar refractivity (Wildman–Crippen MR) is 91.0 cm³/mol. The van der Waals surface area contributed by atoms with Gasteiger partial charge in [-0.15, -0.1) is 0 Å². The van der Waals surface area contributed by atoms with Crippen molar-refractivity contribution in [1.82, 2.24) is 15.5 Å². The smallest absolute Gasteiger partial charge is 0.224 e. The summed E-state index contributed by atoms with van der Waals surface area (Å²) in [5.74, 6) is 0.791. The SMILES string of the molecule is CNCC1CCN(C(=O)CCNC(=O)Cc2ccccc2)CC1. The van der Waals surface area contributed by atoms with Crippen molar-refractivity contribution in [1.29, 1.82) is 0 Å². The largest absolute Gasteiger partial charge is 0.355 e. The summed E-state index contributed by atoms with van der Waals surface area (Å²) in [6.07, 6.45) is 2.88. The van der Waals surface area contributed by atoms with E-state index in [1.54, 1.807) is 0 Å². The zero-order chi connectivity index (χ0) is 16.5. The number of hydrogen-bond donors (Lipinski definition) is 2. The Balaban J connectivity index is 1.62. The second-order valence-corrected chi connectivity index (χ2v) is 6.14. The highest BCUT2D eigenvalue weighted by Crippen LogP contribution is 2.16. The molecule has 0 bridgehead atoms. The Bertz CT molecular complexity index is 496. The van der Waals surface area contributed by atoms with Crippen LogP contribution < -0.4 is 10.6 Å². The van der Waals surface area contributed by atoms with Crippen molar-refractivity contribution in [2.24, 2.45) is 5.92 Å². The highest BCUT2D eigenvalue weighted by Gasteiger charge is 2.21. The molecule has 2 rings (SSSR count). The summed E-state index contributed by atoms with van der Waals surface area (Å²) >= 11 is 0. The number of likely N-dealkylation sites (tertiary alicyclic amines) is 1. The molecule has 1 aliphatic heterocycles. The van der Waals surface area contributed by atoms with Gasteiger partial charge < -0.3 is 15.5 Å². The molecular formula is C18H27N3O2. The number of rotatable bonds is 7. The summed E-state index contributed by atoms with van der Waals surface area (Å²) in [6, 6.07) is 9.63. The van der Waals surface area contributed by atoms with Crippen molar-refractivity contribution in [3.8, 4) is 0 Å². The fourth-order valence-electron chi connectivity index (χ4n) is 2.99. The minimum atomic E-state index is -0.0308. The first kappa shape index (κ1) is 17.5. The lowest BCUT2D eigenvalue weighted by molar-refractivity contribution is -0.132. The lowest BCUT2D eigenvalue weighted by Crippen LogP contribution is -2.41. The maximum atomic E-state index is 12.2. The van der Waals surface area contributed by atoms with Crippen LogP contribution in [0.2, 0.25) is 0 Å². The molecule has 126 valence electrons. The Labute approximate surface area is 138 Å². The Morgan fingerprint density at radius 2 is 1.87 bits per heavy atom. The number of nitrogens with zero attached hydrogens (tertiary/aromatic N) is 1. The van der Waals surface area contributed by atoms with Gasteiger partial charge in [-0.05, 0) is 37.9 Å². The first-order valence-corrected chi connectivity index (χ1v) is 8.42. The molecule has 2 amide bonds. The van der Waals surface area contributed by atoms with Crippen LogP contribution in [-0.2, 0) is 16.0 Å². The van der Waals surface area contributed by atoms with Crippen LogP contribution in [0, 0.1) is 5.92 Å². The molecule has 1 heterocycles. The van der Waals surface area contributed by atoms with Gasteiger partial charge in [0.2, 0.25) is 11.8 Å². The third-order valence-electron chi connectivity index (χ3n) is 4.33. The van der Waals surface area contributed by atoms with Gasteiger partial charge >= 0.3 is 0 Å². The molecule has 0 aromatic heterocycles. The molecule has 0 aliphatic carbocycles. The van der Waals surface area contributed by atoms with Gasteiger partial charge in [0.05, 0.1) is 6.42 Å². The number of nitrogens with one attached hydrogen (secondary N) is 2. The monoisotopic (exact) mass is 317 g/mol. The molecule has 1 aliphatic rings. The van der Waals surface area contributed by atoms with E-state index in [2.05, 4.69) is 10.6 Å². The van der Waals surface area contributed by atoms with Crippen molar-refractivity contribution in [3.05, 3.63) is 35.9 Å². The second kappa shape index (κ2) is 9.30. The van der Waals surface area contributed by atoms with E-state index >= 15 is 0 Å². The van der Waals surface area contributed by atoms with Crippen molar-refractivity contribution in [2.75, 3.05) is 33.2 Å². The first-order valence-electron chi connectivity index (χ1n) is 8.42. The van der Waals surface area contributed by atoms with E-state index in [1.165, 1.54) is 0 Å². The molecule has 0 unspecified atom stereocenters. The molecule has 23 heavy (non-hydrogen) atoms. The first-order chi connectivity index (χ1) is 11.2. The van der Waals surface area contributed by atoms with Gasteiger partial charge in [-0.25, -0.2) is 0 Å². The summed E-state index contributed by atoms with van der Waals surface area (Å²) in [5, 5.41) is 6.03. The van der Waals surface area contributed by atoms with Gasteiger partial charge in [0.25, 0.3) is 0 Å². The van der Waals surface area contributed by atoms with Crippen LogP contribution in [0.25, 0.3) is 0 Å². The Morgan fingerprint density at radius 3 is 2.52 bits per heavy atom. The molecule has 0 saturated carbocycles. The molecule has 1 fully saturated rings. The fraction of sp³-hybridized carbons (Fsp3) is 0.556. The van der Waals surface area contributed by atoms with Crippen LogP contribution in [-0.4, -0.2) is 49.9 Å². The van der Waals surface area contributed by atoms with Gasteiger partial charge in [0.15, 0.2) is 0 Å².